The van der Waals surface area contributed by atoms with Crippen LogP contribution in [0, 0.1) is 11.3 Å². The quantitative estimate of drug-likeness (QED) is 0.885. The molecule has 1 N–H and O–H groups in total. The van der Waals surface area contributed by atoms with E-state index < -0.39 is 0 Å². The molecule has 0 radical (unpaired) electrons. The first-order chi connectivity index (χ1) is 11.2. The van der Waals surface area contributed by atoms with Crippen LogP contribution in [0.3, 0.4) is 0 Å². The summed E-state index contributed by atoms with van der Waals surface area (Å²) in [5.74, 6) is 0.796. The Hall–Kier alpha value is -1.90. The van der Waals surface area contributed by atoms with Crippen molar-refractivity contribution < 1.29 is 4.74 Å². The molecule has 3 rings (SSSR count). The molecule has 1 aliphatic rings. The highest BCUT2D eigenvalue weighted by atomic mass is 79.9. The predicted molar refractivity (Wildman–Crippen MR) is 93.3 cm³/mol. The van der Waals surface area contributed by atoms with Crippen LogP contribution in [0.5, 0.6) is 0 Å². The van der Waals surface area contributed by atoms with Crippen LogP contribution in [-0.4, -0.2) is 24.7 Å². The third kappa shape index (κ3) is 3.72. The zero-order chi connectivity index (χ0) is 16.1. The van der Waals surface area contributed by atoms with E-state index in [-0.39, 0.29) is 5.41 Å². The van der Waals surface area contributed by atoms with Crippen molar-refractivity contribution in [1.82, 2.24) is 4.98 Å². The molecule has 1 fully saturated rings. The summed E-state index contributed by atoms with van der Waals surface area (Å²) in [5.41, 5.74) is 1.93. The second-order valence-electron chi connectivity index (χ2n) is 5.80. The largest absolute Gasteiger partial charge is 0.381 e. The number of hydrogen-bond acceptors (Lipinski definition) is 4. The summed E-state index contributed by atoms with van der Waals surface area (Å²) >= 11 is 3.57. The highest BCUT2D eigenvalue weighted by Gasteiger charge is 2.34. The third-order valence-electron chi connectivity index (χ3n) is 4.39. The predicted octanol–water partition coefficient (Wildman–Crippen LogP) is 3.88. The van der Waals surface area contributed by atoms with Crippen molar-refractivity contribution in [2.24, 2.45) is 0 Å². The standard InChI is InChI=1S/C18H18BrN3O/c19-16-3-1-2-15(10-16)18(6-8-23-9-7-18)13-22-17-5-4-14(11-20)12-21-17/h1-5,10,12H,6-9,13H2,(H,21,22). The fourth-order valence-corrected chi connectivity index (χ4v) is 3.37. The van der Waals surface area contributed by atoms with E-state index in [1.807, 2.05) is 12.1 Å². The van der Waals surface area contributed by atoms with Crippen molar-refractivity contribution in [3.8, 4) is 6.07 Å². The van der Waals surface area contributed by atoms with Gasteiger partial charge >= 0.3 is 0 Å². The van der Waals surface area contributed by atoms with Crippen LogP contribution in [-0.2, 0) is 10.2 Å². The van der Waals surface area contributed by atoms with E-state index in [0.717, 1.165) is 42.9 Å². The zero-order valence-electron chi connectivity index (χ0n) is 12.8. The first-order valence-electron chi connectivity index (χ1n) is 7.66. The number of nitrogens with zero attached hydrogens (tertiary/aromatic N) is 2. The Morgan fingerprint density at radius 3 is 2.74 bits per heavy atom. The second-order valence-corrected chi connectivity index (χ2v) is 6.72. The maximum atomic E-state index is 8.85. The van der Waals surface area contributed by atoms with Gasteiger partial charge in [-0.15, -0.1) is 0 Å². The van der Waals surface area contributed by atoms with Crippen LogP contribution in [0.1, 0.15) is 24.0 Å². The second kappa shape index (κ2) is 7.12. The van der Waals surface area contributed by atoms with Gasteiger partial charge in [-0.1, -0.05) is 28.1 Å². The topological polar surface area (TPSA) is 57.9 Å². The van der Waals surface area contributed by atoms with Gasteiger partial charge in [-0.25, -0.2) is 4.98 Å². The van der Waals surface area contributed by atoms with Gasteiger partial charge in [0.2, 0.25) is 0 Å². The van der Waals surface area contributed by atoms with Gasteiger partial charge in [0.1, 0.15) is 11.9 Å². The van der Waals surface area contributed by atoms with Gasteiger partial charge in [0, 0.05) is 35.8 Å². The molecule has 2 heterocycles. The highest BCUT2D eigenvalue weighted by Crippen LogP contribution is 2.36. The van der Waals surface area contributed by atoms with Crippen LogP contribution in [0.15, 0.2) is 47.1 Å². The first kappa shape index (κ1) is 16.0. The molecule has 1 aliphatic heterocycles. The molecule has 1 aromatic carbocycles. The minimum atomic E-state index is 0.0393. The Morgan fingerprint density at radius 2 is 2.09 bits per heavy atom. The van der Waals surface area contributed by atoms with Crippen LogP contribution in [0.25, 0.3) is 0 Å². The molecule has 0 saturated carbocycles. The van der Waals surface area contributed by atoms with Crippen molar-refractivity contribution >= 4 is 21.7 Å². The van der Waals surface area contributed by atoms with Gasteiger partial charge in [0.15, 0.2) is 0 Å². The third-order valence-corrected chi connectivity index (χ3v) is 4.88. The molecule has 23 heavy (non-hydrogen) atoms. The van der Waals surface area contributed by atoms with E-state index in [9.17, 15) is 0 Å². The molecule has 118 valence electrons. The molecule has 2 aromatic rings. The van der Waals surface area contributed by atoms with Crippen LogP contribution >= 0.6 is 15.9 Å². The van der Waals surface area contributed by atoms with Gasteiger partial charge in [0.05, 0.1) is 5.56 Å². The lowest BCUT2D eigenvalue weighted by molar-refractivity contribution is 0.0543. The van der Waals surface area contributed by atoms with Crippen molar-refractivity contribution in [2.75, 3.05) is 25.1 Å². The molecule has 0 atom stereocenters. The summed E-state index contributed by atoms with van der Waals surface area (Å²) in [4.78, 5) is 4.30. The molecule has 1 saturated heterocycles. The molecule has 0 amide bonds. The molecule has 0 unspecified atom stereocenters. The number of halogens is 1. The van der Waals surface area contributed by atoms with Crippen LogP contribution < -0.4 is 5.32 Å². The fraction of sp³-hybridized carbons (Fsp3) is 0.333. The lowest BCUT2D eigenvalue weighted by Gasteiger charge is -2.38. The van der Waals surface area contributed by atoms with Gasteiger partial charge in [-0.2, -0.15) is 5.26 Å². The average Bonchev–Trinajstić information content (AvgIpc) is 2.61. The maximum Gasteiger partial charge on any atom is 0.125 e. The Bertz CT molecular complexity index is 703. The molecule has 4 nitrogen and oxygen atoms in total. The first-order valence-corrected chi connectivity index (χ1v) is 8.45. The zero-order valence-corrected chi connectivity index (χ0v) is 14.3. The van der Waals surface area contributed by atoms with E-state index in [1.165, 1.54) is 5.56 Å². The molecule has 0 spiro atoms. The van der Waals surface area contributed by atoms with E-state index in [1.54, 1.807) is 12.3 Å². The minimum absolute atomic E-state index is 0.0393. The van der Waals surface area contributed by atoms with E-state index >= 15 is 0 Å². The number of ether oxygens (including phenoxy) is 1. The monoisotopic (exact) mass is 371 g/mol. The van der Waals surface area contributed by atoms with Crippen molar-refractivity contribution in [2.45, 2.75) is 18.3 Å². The smallest absolute Gasteiger partial charge is 0.125 e. The lowest BCUT2D eigenvalue weighted by atomic mass is 9.74. The Labute approximate surface area is 144 Å². The Balaban J connectivity index is 1.80. The normalized spacial score (nSPS) is 16.5. The Morgan fingerprint density at radius 1 is 1.26 bits per heavy atom. The SMILES string of the molecule is N#Cc1ccc(NCC2(c3cccc(Br)c3)CCOCC2)nc1. The molecule has 1 aromatic heterocycles. The number of benzene rings is 1. The van der Waals surface area contributed by atoms with E-state index in [2.05, 4.69) is 50.5 Å². The summed E-state index contributed by atoms with van der Waals surface area (Å²) in [6.45, 7) is 2.34. The van der Waals surface area contributed by atoms with Gasteiger partial charge in [-0.3, -0.25) is 0 Å². The number of aromatic nitrogens is 1. The number of nitriles is 1. The molecular formula is C18H18BrN3O. The Kier molecular flexibility index (Phi) is 4.94. The maximum absolute atomic E-state index is 8.85. The van der Waals surface area contributed by atoms with Crippen LogP contribution in [0.2, 0.25) is 0 Å². The highest BCUT2D eigenvalue weighted by molar-refractivity contribution is 9.10. The molecule has 5 heteroatoms. The molecule has 0 bridgehead atoms. The summed E-state index contributed by atoms with van der Waals surface area (Å²) in [6, 6.07) is 14.2. The summed E-state index contributed by atoms with van der Waals surface area (Å²) in [7, 11) is 0. The molecular weight excluding hydrogens is 354 g/mol. The fourth-order valence-electron chi connectivity index (χ4n) is 2.97. The number of pyridine rings is 1. The summed E-state index contributed by atoms with van der Waals surface area (Å²) in [5, 5.41) is 12.3. The average molecular weight is 372 g/mol. The van der Waals surface area contributed by atoms with E-state index in [0.29, 0.717) is 5.56 Å². The molecule has 0 aliphatic carbocycles. The lowest BCUT2D eigenvalue weighted by Crippen LogP contribution is -2.40. The van der Waals surface area contributed by atoms with E-state index in [4.69, 9.17) is 10.00 Å². The van der Waals surface area contributed by atoms with Crippen molar-refractivity contribution in [3.63, 3.8) is 0 Å². The van der Waals surface area contributed by atoms with Gasteiger partial charge in [-0.05, 0) is 42.7 Å². The van der Waals surface area contributed by atoms with Gasteiger partial charge in [0.25, 0.3) is 0 Å². The van der Waals surface area contributed by atoms with Gasteiger partial charge < -0.3 is 10.1 Å². The number of anilines is 1. The van der Waals surface area contributed by atoms with Crippen molar-refractivity contribution in [1.29, 1.82) is 5.26 Å². The van der Waals surface area contributed by atoms with Crippen molar-refractivity contribution in [3.05, 3.63) is 58.2 Å². The number of hydrogen-bond donors (Lipinski definition) is 1. The number of nitrogens with one attached hydrogen (secondary N) is 1. The van der Waals surface area contributed by atoms with Crippen LogP contribution in [0.4, 0.5) is 5.82 Å². The summed E-state index contributed by atoms with van der Waals surface area (Å²) in [6.07, 6.45) is 3.55. The minimum Gasteiger partial charge on any atom is -0.381 e. The summed E-state index contributed by atoms with van der Waals surface area (Å²) < 4.78 is 6.66. The number of rotatable bonds is 4.